The number of sulfonamides is 1. The van der Waals surface area contributed by atoms with E-state index in [1.54, 1.807) is 0 Å². The standard InChI is InChI=1S/C18H19N3O7S2/c1-27-11-6-5-9(7-13(11)30(20,25)26)18(24)28-8-14(22)21-17-15(16(19)23)10-3-2-4-12(10)29-17/h5-7H,2-4,8H2,1H3,(H2,19,23)(H,21,22)(H2,20,25,26). The number of carbonyl (C=O) groups is 3. The second kappa shape index (κ2) is 8.42. The molecule has 5 N–H and O–H groups in total. The van der Waals surface area contributed by atoms with Crippen LogP contribution in [0.3, 0.4) is 0 Å². The number of primary sulfonamides is 1. The zero-order valence-electron chi connectivity index (χ0n) is 15.9. The Balaban J connectivity index is 1.69. The normalized spacial score (nSPS) is 12.9. The third-order valence-corrected chi connectivity index (χ3v) is 6.60. The van der Waals surface area contributed by atoms with Crippen molar-refractivity contribution >= 4 is 44.1 Å². The molecule has 1 aromatic carbocycles. The molecule has 1 heterocycles. The maximum Gasteiger partial charge on any atom is 0.338 e. The highest BCUT2D eigenvalue weighted by atomic mass is 32.2. The summed E-state index contributed by atoms with van der Waals surface area (Å²) in [6.07, 6.45) is 2.46. The summed E-state index contributed by atoms with van der Waals surface area (Å²) in [5, 5.41) is 7.99. The zero-order valence-corrected chi connectivity index (χ0v) is 17.5. The minimum absolute atomic E-state index is 0.0310. The van der Waals surface area contributed by atoms with Gasteiger partial charge < -0.3 is 20.5 Å². The molecule has 0 atom stereocenters. The second-order valence-electron chi connectivity index (χ2n) is 6.46. The lowest BCUT2D eigenvalue weighted by Crippen LogP contribution is -2.23. The van der Waals surface area contributed by atoms with Gasteiger partial charge in [-0.05, 0) is 43.0 Å². The molecule has 0 aliphatic heterocycles. The first-order valence-corrected chi connectivity index (χ1v) is 11.1. The van der Waals surface area contributed by atoms with Gasteiger partial charge in [-0.1, -0.05) is 0 Å². The van der Waals surface area contributed by atoms with E-state index in [-0.39, 0.29) is 16.2 Å². The molecular weight excluding hydrogens is 434 g/mol. The summed E-state index contributed by atoms with van der Waals surface area (Å²) in [4.78, 5) is 36.8. The Morgan fingerprint density at radius 2 is 1.97 bits per heavy atom. The Morgan fingerprint density at radius 3 is 2.60 bits per heavy atom. The number of rotatable bonds is 7. The summed E-state index contributed by atoms with van der Waals surface area (Å²) in [6.45, 7) is -0.643. The molecule has 10 nitrogen and oxygen atoms in total. The van der Waals surface area contributed by atoms with Crippen LogP contribution < -0.4 is 20.9 Å². The van der Waals surface area contributed by atoms with Crippen molar-refractivity contribution in [2.75, 3.05) is 19.0 Å². The number of ether oxygens (including phenoxy) is 2. The number of esters is 1. The number of hydrogen-bond donors (Lipinski definition) is 3. The summed E-state index contributed by atoms with van der Waals surface area (Å²) in [7, 11) is -2.88. The number of nitrogens with two attached hydrogens (primary N) is 2. The second-order valence-corrected chi connectivity index (χ2v) is 9.10. The van der Waals surface area contributed by atoms with Crippen molar-refractivity contribution in [1.29, 1.82) is 0 Å². The Hall–Kier alpha value is -2.96. The summed E-state index contributed by atoms with van der Waals surface area (Å²) in [5.41, 5.74) is 6.46. The van der Waals surface area contributed by atoms with Gasteiger partial charge in [-0.25, -0.2) is 18.4 Å². The predicted octanol–water partition coefficient (Wildman–Crippen LogP) is 0.787. The van der Waals surface area contributed by atoms with Crippen LogP contribution in [-0.2, 0) is 32.4 Å². The molecule has 1 aliphatic rings. The highest BCUT2D eigenvalue weighted by Gasteiger charge is 2.26. The lowest BCUT2D eigenvalue weighted by molar-refractivity contribution is -0.119. The van der Waals surface area contributed by atoms with Crippen molar-refractivity contribution in [3.05, 3.63) is 39.8 Å². The topological polar surface area (TPSA) is 168 Å². The Bertz CT molecular complexity index is 1140. The average Bonchev–Trinajstić information content (AvgIpc) is 3.25. The van der Waals surface area contributed by atoms with Crippen LogP contribution in [0.1, 0.15) is 37.6 Å². The summed E-state index contributed by atoms with van der Waals surface area (Å²) in [5.74, 6) is -2.25. The van der Waals surface area contributed by atoms with E-state index in [9.17, 15) is 22.8 Å². The quantitative estimate of drug-likeness (QED) is 0.521. The third kappa shape index (κ3) is 4.45. The van der Waals surface area contributed by atoms with Gasteiger partial charge in [-0.3, -0.25) is 9.59 Å². The van der Waals surface area contributed by atoms with Gasteiger partial charge in [0.1, 0.15) is 15.6 Å². The fraction of sp³-hybridized carbons (Fsp3) is 0.278. The highest BCUT2D eigenvalue weighted by molar-refractivity contribution is 7.89. The van der Waals surface area contributed by atoms with Gasteiger partial charge in [-0.2, -0.15) is 0 Å². The molecule has 0 saturated carbocycles. The van der Waals surface area contributed by atoms with Crippen molar-refractivity contribution in [3.63, 3.8) is 0 Å². The number of amides is 2. The van der Waals surface area contributed by atoms with E-state index < -0.39 is 34.4 Å². The molecule has 0 radical (unpaired) electrons. The van der Waals surface area contributed by atoms with Crippen LogP contribution in [0.5, 0.6) is 5.75 Å². The lowest BCUT2D eigenvalue weighted by atomic mass is 10.1. The van der Waals surface area contributed by atoms with Gasteiger partial charge in [0.25, 0.3) is 11.8 Å². The average molecular weight is 453 g/mol. The molecule has 1 aliphatic carbocycles. The van der Waals surface area contributed by atoms with E-state index in [4.69, 9.17) is 20.3 Å². The van der Waals surface area contributed by atoms with E-state index in [0.29, 0.717) is 10.6 Å². The lowest BCUT2D eigenvalue weighted by Gasteiger charge is -2.10. The smallest absolute Gasteiger partial charge is 0.338 e. The number of nitrogens with one attached hydrogen (secondary N) is 1. The van der Waals surface area contributed by atoms with Crippen molar-refractivity contribution in [1.82, 2.24) is 0 Å². The fourth-order valence-electron chi connectivity index (χ4n) is 3.16. The molecule has 0 fully saturated rings. The number of primary amides is 1. The first-order valence-electron chi connectivity index (χ1n) is 8.74. The fourth-order valence-corrected chi connectivity index (χ4v) is 5.19. The zero-order chi connectivity index (χ0) is 22.1. The van der Waals surface area contributed by atoms with E-state index in [1.165, 1.54) is 30.6 Å². The van der Waals surface area contributed by atoms with E-state index in [2.05, 4.69) is 5.32 Å². The highest BCUT2D eigenvalue weighted by Crippen LogP contribution is 2.38. The minimum atomic E-state index is -4.14. The molecule has 0 saturated heterocycles. The van der Waals surface area contributed by atoms with E-state index in [1.807, 2.05) is 0 Å². The molecule has 2 amide bonds. The number of aryl methyl sites for hydroxylation is 1. The maximum atomic E-state index is 12.2. The van der Waals surface area contributed by atoms with Crippen LogP contribution in [0.15, 0.2) is 23.1 Å². The number of carbonyl (C=O) groups excluding carboxylic acids is 3. The first kappa shape index (κ1) is 21.7. The summed E-state index contributed by atoms with van der Waals surface area (Å²) >= 11 is 1.28. The van der Waals surface area contributed by atoms with Gasteiger partial charge in [0.2, 0.25) is 10.0 Å². The van der Waals surface area contributed by atoms with Crippen LogP contribution in [0.25, 0.3) is 0 Å². The number of hydrogen-bond acceptors (Lipinski definition) is 8. The van der Waals surface area contributed by atoms with Gasteiger partial charge in [-0.15, -0.1) is 11.3 Å². The summed E-state index contributed by atoms with van der Waals surface area (Å²) < 4.78 is 33.2. The molecule has 2 aromatic rings. The number of thiophene rings is 1. The van der Waals surface area contributed by atoms with Crippen LogP contribution >= 0.6 is 11.3 Å². The van der Waals surface area contributed by atoms with Crippen LogP contribution in [-0.4, -0.2) is 39.9 Å². The number of anilines is 1. The largest absolute Gasteiger partial charge is 0.495 e. The molecule has 160 valence electrons. The number of fused-ring (bicyclic) bond motifs is 1. The molecule has 30 heavy (non-hydrogen) atoms. The van der Waals surface area contributed by atoms with Gasteiger partial charge in [0.05, 0.1) is 18.2 Å². The van der Waals surface area contributed by atoms with Crippen molar-refractivity contribution in [3.8, 4) is 5.75 Å². The maximum absolute atomic E-state index is 12.2. The van der Waals surface area contributed by atoms with Crippen molar-refractivity contribution in [2.45, 2.75) is 24.2 Å². The Labute approximate surface area is 176 Å². The monoisotopic (exact) mass is 453 g/mol. The van der Waals surface area contributed by atoms with Gasteiger partial charge >= 0.3 is 5.97 Å². The van der Waals surface area contributed by atoms with Crippen molar-refractivity contribution in [2.24, 2.45) is 10.9 Å². The predicted molar refractivity (Wildman–Crippen MR) is 108 cm³/mol. The van der Waals surface area contributed by atoms with Crippen LogP contribution in [0.4, 0.5) is 5.00 Å². The van der Waals surface area contributed by atoms with E-state index >= 15 is 0 Å². The Kier molecular flexibility index (Phi) is 6.10. The molecule has 12 heteroatoms. The molecule has 0 bridgehead atoms. The molecule has 1 aromatic heterocycles. The van der Waals surface area contributed by atoms with Gasteiger partial charge in [0.15, 0.2) is 6.61 Å². The minimum Gasteiger partial charge on any atom is -0.495 e. The molecule has 0 unspecified atom stereocenters. The molecule has 0 spiro atoms. The van der Waals surface area contributed by atoms with Crippen LogP contribution in [0.2, 0.25) is 0 Å². The van der Waals surface area contributed by atoms with Gasteiger partial charge in [0, 0.05) is 4.88 Å². The molecule has 3 rings (SSSR count). The van der Waals surface area contributed by atoms with E-state index in [0.717, 1.165) is 35.8 Å². The first-order chi connectivity index (χ1) is 14.1. The molecular formula is C18H19N3O7S2. The Morgan fingerprint density at radius 1 is 1.23 bits per heavy atom. The number of benzene rings is 1. The summed E-state index contributed by atoms with van der Waals surface area (Å²) in [6, 6.07) is 3.54. The van der Waals surface area contributed by atoms with Crippen LogP contribution in [0, 0.1) is 0 Å². The number of methoxy groups -OCH3 is 1. The SMILES string of the molecule is COc1ccc(C(=O)OCC(=O)Nc2sc3c(c2C(N)=O)CCC3)cc1S(N)(=O)=O. The van der Waals surface area contributed by atoms with Crippen molar-refractivity contribution < 1.29 is 32.3 Å². The third-order valence-electron chi connectivity index (χ3n) is 4.46.